The van der Waals surface area contributed by atoms with Crippen LogP contribution in [0.3, 0.4) is 0 Å². The molecule has 4 heterocycles. The zero-order chi connectivity index (χ0) is 29.3. The van der Waals surface area contributed by atoms with Crippen LogP contribution in [-0.2, 0) is 4.79 Å². The van der Waals surface area contributed by atoms with Gasteiger partial charge in [0.25, 0.3) is 0 Å². The molecule has 2 saturated heterocycles. The molecule has 2 unspecified atom stereocenters. The van der Waals surface area contributed by atoms with Gasteiger partial charge in [-0.05, 0) is 38.0 Å². The summed E-state index contributed by atoms with van der Waals surface area (Å²) in [7, 11) is 0. The SMILES string of the molecule is CC1CSC(C2=CNCC=C2)N1.Cc1ccc(-c2cc(=O)c3ccc(OCCCN4CCN(C=O)CC4)cc3o2)cc1. The summed E-state index contributed by atoms with van der Waals surface area (Å²) in [5.74, 6) is 2.46. The molecule has 42 heavy (non-hydrogen) atoms. The van der Waals surface area contributed by atoms with E-state index in [4.69, 9.17) is 9.15 Å². The van der Waals surface area contributed by atoms with Crippen molar-refractivity contribution in [2.45, 2.75) is 31.7 Å². The summed E-state index contributed by atoms with van der Waals surface area (Å²) in [5.41, 5.74) is 3.87. The Morgan fingerprint density at radius 2 is 1.90 bits per heavy atom. The number of piperazine rings is 1. The molecule has 2 aromatic carbocycles. The van der Waals surface area contributed by atoms with E-state index in [0.29, 0.717) is 40.5 Å². The Balaban J connectivity index is 0.000000244. The fraction of sp³-hybridized carbons (Fsp3) is 0.394. The number of carbonyl (C=O) groups is 1. The minimum atomic E-state index is -0.0622. The van der Waals surface area contributed by atoms with Crippen molar-refractivity contribution in [1.82, 2.24) is 20.4 Å². The number of thioether (sulfide) groups is 1. The van der Waals surface area contributed by atoms with Gasteiger partial charge in [0.15, 0.2) is 5.43 Å². The molecule has 3 aliphatic rings. The summed E-state index contributed by atoms with van der Waals surface area (Å²) in [6.07, 6.45) is 8.30. The van der Waals surface area contributed by atoms with Crippen molar-refractivity contribution in [3.05, 3.63) is 88.2 Å². The molecule has 2 fully saturated rings. The smallest absolute Gasteiger partial charge is 0.209 e. The quantitative estimate of drug-likeness (QED) is 0.296. The third kappa shape index (κ3) is 8.06. The summed E-state index contributed by atoms with van der Waals surface area (Å²) < 4.78 is 11.9. The van der Waals surface area contributed by atoms with Crippen LogP contribution < -0.4 is 20.8 Å². The third-order valence-electron chi connectivity index (χ3n) is 7.55. The Morgan fingerprint density at radius 1 is 1.10 bits per heavy atom. The van der Waals surface area contributed by atoms with E-state index < -0.39 is 0 Å². The van der Waals surface area contributed by atoms with Crippen LogP contribution in [0.2, 0.25) is 0 Å². The first-order valence-corrected chi connectivity index (χ1v) is 15.7. The molecule has 9 heteroatoms. The average Bonchev–Trinajstić information content (AvgIpc) is 3.47. The molecule has 0 spiro atoms. The molecule has 1 aromatic heterocycles. The van der Waals surface area contributed by atoms with E-state index in [0.717, 1.165) is 63.2 Å². The highest BCUT2D eigenvalue weighted by Gasteiger charge is 2.23. The van der Waals surface area contributed by atoms with Gasteiger partial charge in [-0.3, -0.25) is 19.8 Å². The third-order valence-corrected chi connectivity index (χ3v) is 8.98. The molecule has 222 valence electrons. The normalized spacial score (nSPS) is 20.4. The van der Waals surface area contributed by atoms with Crippen LogP contribution in [0.5, 0.6) is 5.75 Å². The second kappa shape index (κ2) is 14.6. The summed E-state index contributed by atoms with van der Waals surface area (Å²) in [4.78, 5) is 27.4. The van der Waals surface area contributed by atoms with E-state index in [9.17, 15) is 9.59 Å². The van der Waals surface area contributed by atoms with Gasteiger partial charge < -0.3 is 19.4 Å². The lowest BCUT2D eigenvalue weighted by molar-refractivity contribution is -0.119. The first kappa shape index (κ1) is 29.9. The number of dihydropyridines is 1. The number of benzene rings is 2. The number of fused-ring (bicyclic) bond motifs is 1. The molecular weight excluding hydrogens is 548 g/mol. The maximum atomic E-state index is 12.5. The van der Waals surface area contributed by atoms with Crippen molar-refractivity contribution in [2.75, 3.05) is 51.6 Å². The fourth-order valence-electron chi connectivity index (χ4n) is 5.09. The minimum Gasteiger partial charge on any atom is -0.493 e. The number of rotatable bonds is 8. The Morgan fingerprint density at radius 3 is 2.60 bits per heavy atom. The zero-order valence-electron chi connectivity index (χ0n) is 24.4. The predicted octanol–water partition coefficient (Wildman–Crippen LogP) is 4.39. The number of ether oxygens (including phenoxy) is 1. The molecular formula is C33H40N4O4S. The molecule has 2 N–H and O–H groups in total. The van der Waals surface area contributed by atoms with E-state index in [1.54, 1.807) is 17.0 Å². The molecule has 6 rings (SSSR count). The Kier molecular flexibility index (Phi) is 10.4. The van der Waals surface area contributed by atoms with Crippen molar-refractivity contribution in [3.63, 3.8) is 0 Å². The van der Waals surface area contributed by atoms with Crippen LogP contribution in [0, 0.1) is 6.92 Å². The standard InChI is InChI=1S/C24H26N2O4.C9H14N2S/c1-18-3-5-19(6-4-18)23-16-22(28)21-8-7-20(15-24(21)30-23)29-14-2-9-25-10-12-26(17-27)13-11-25;1-7-6-12-9(11-7)8-3-2-4-10-5-8/h3-8,15-17H,2,9-14H2,1H3;2-3,5,7,9-11H,4,6H2,1H3. The molecule has 0 saturated carbocycles. The molecule has 0 radical (unpaired) electrons. The van der Waals surface area contributed by atoms with E-state index >= 15 is 0 Å². The second-order valence-electron chi connectivity index (χ2n) is 10.9. The molecule has 3 aliphatic heterocycles. The van der Waals surface area contributed by atoms with Gasteiger partial charge in [0, 0.05) is 75.0 Å². The summed E-state index contributed by atoms with van der Waals surface area (Å²) >= 11 is 1.99. The number of amides is 1. The van der Waals surface area contributed by atoms with Gasteiger partial charge in [-0.25, -0.2) is 0 Å². The van der Waals surface area contributed by atoms with Crippen LogP contribution in [0.1, 0.15) is 18.9 Å². The summed E-state index contributed by atoms with van der Waals surface area (Å²) in [6, 6.07) is 15.5. The molecule has 0 bridgehead atoms. The van der Waals surface area contributed by atoms with E-state index in [2.05, 4.69) is 40.8 Å². The first-order chi connectivity index (χ1) is 20.5. The van der Waals surface area contributed by atoms with Crippen molar-refractivity contribution >= 4 is 29.1 Å². The number of hydrogen-bond donors (Lipinski definition) is 2. The maximum absolute atomic E-state index is 12.5. The van der Waals surface area contributed by atoms with Crippen molar-refractivity contribution < 1.29 is 13.9 Å². The largest absolute Gasteiger partial charge is 0.493 e. The van der Waals surface area contributed by atoms with Gasteiger partial charge in [0.05, 0.1) is 17.4 Å². The lowest BCUT2D eigenvalue weighted by atomic mass is 10.1. The zero-order valence-corrected chi connectivity index (χ0v) is 25.2. The lowest BCUT2D eigenvalue weighted by Crippen LogP contribution is -2.46. The minimum absolute atomic E-state index is 0.0622. The second-order valence-corrected chi connectivity index (χ2v) is 12.1. The topological polar surface area (TPSA) is 87.0 Å². The average molecular weight is 589 g/mol. The molecule has 0 aliphatic carbocycles. The Labute approximate surface area is 251 Å². The van der Waals surface area contributed by atoms with Crippen LogP contribution in [0.4, 0.5) is 0 Å². The van der Waals surface area contributed by atoms with Crippen molar-refractivity contribution in [2.24, 2.45) is 0 Å². The highest BCUT2D eigenvalue weighted by atomic mass is 32.2. The number of hydrogen-bond acceptors (Lipinski definition) is 8. The molecule has 1 amide bonds. The van der Waals surface area contributed by atoms with Gasteiger partial charge in [-0.1, -0.05) is 42.0 Å². The van der Waals surface area contributed by atoms with E-state index in [-0.39, 0.29) is 5.43 Å². The predicted molar refractivity (Wildman–Crippen MR) is 171 cm³/mol. The maximum Gasteiger partial charge on any atom is 0.209 e. The summed E-state index contributed by atoms with van der Waals surface area (Å²) in [5, 5.41) is 7.80. The summed E-state index contributed by atoms with van der Waals surface area (Å²) in [6.45, 7) is 10.1. The first-order valence-electron chi connectivity index (χ1n) is 14.7. The van der Waals surface area contributed by atoms with Crippen LogP contribution in [0.25, 0.3) is 22.3 Å². The number of carbonyl (C=O) groups excluding carboxylic acids is 1. The lowest BCUT2D eigenvalue weighted by Gasteiger charge is -2.32. The van der Waals surface area contributed by atoms with Gasteiger partial charge in [-0.2, -0.15) is 0 Å². The van der Waals surface area contributed by atoms with Crippen LogP contribution in [-0.4, -0.2) is 79.3 Å². The molecule has 2 atom stereocenters. The molecule has 8 nitrogen and oxygen atoms in total. The van der Waals surface area contributed by atoms with Crippen molar-refractivity contribution in [3.8, 4) is 17.1 Å². The van der Waals surface area contributed by atoms with Gasteiger partial charge in [-0.15, -0.1) is 11.8 Å². The monoisotopic (exact) mass is 588 g/mol. The Hall–Kier alpha value is -3.53. The Bertz CT molecular complexity index is 1460. The van der Waals surface area contributed by atoms with E-state index in [1.807, 2.05) is 49.0 Å². The highest BCUT2D eigenvalue weighted by molar-refractivity contribution is 8.00. The number of aryl methyl sites for hydroxylation is 1. The van der Waals surface area contributed by atoms with Crippen LogP contribution in [0.15, 0.2) is 81.7 Å². The number of nitrogens with zero attached hydrogens (tertiary/aromatic N) is 2. The van der Waals surface area contributed by atoms with Gasteiger partial charge in [0.1, 0.15) is 17.1 Å². The molecule has 3 aromatic rings. The highest BCUT2D eigenvalue weighted by Crippen LogP contribution is 2.26. The number of nitrogens with one attached hydrogen (secondary N) is 2. The van der Waals surface area contributed by atoms with Crippen molar-refractivity contribution in [1.29, 1.82) is 0 Å². The fourth-order valence-corrected chi connectivity index (χ4v) is 6.34. The van der Waals surface area contributed by atoms with Crippen LogP contribution >= 0.6 is 11.8 Å². The van der Waals surface area contributed by atoms with E-state index in [1.165, 1.54) is 17.4 Å². The van der Waals surface area contributed by atoms with Gasteiger partial charge >= 0.3 is 0 Å². The van der Waals surface area contributed by atoms with Gasteiger partial charge in [0.2, 0.25) is 6.41 Å².